The number of hydrogen-bond donors (Lipinski definition) is 0. The first-order valence-corrected chi connectivity index (χ1v) is 6.82. The van der Waals surface area contributed by atoms with Crippen LogP contribution in [0.25, 0.3) is 0 Å². The van der Waals surface area contributed by atoms with Gasteiger partial charge in [-0.15, -0.1) is 0 Å². The van der Waals surface area contributed by atoms with Crippen LogP contribution in [0.5, 0.6) is 0 Å². The third-order valence-electron chi connectivity index (χ3n) is 2.33. The van der Waals surface area contributed by atoms with Crippen LogP contribution in [0.15, 0.2) is 48.5 Å². The molecule has 0 saturated carbocycles. The van der Waals surface area contributed by atoms with E-state index in [0.717, 1.165) is 10.0 Å². The van der Waals surface area contributed by atoms with E-state index in [9.17, 15) is 0 Å². The van der Waals surface area contributed by atoms with Gasteiger partial charge in [-0.2, -0.15) is 0 Å². The van der Waals surface area contributed by atoms with Gasteiger partial charge in [0.1, 0.15) is 0 Å². The van der Waals surface area contributed by atoms with Crippen LogP contribution < -0.4 is 0 Å². The number of halogens is 3. The Morgan fingerprint density at radius 2 is 1.00 bits per heavy atom. The Bertz CT molecular complexity index is 417. The quantitative estimate of drug-likeness (QED) is 0.487. The Balaban J connectivity index is 2.28. The van der Waals surface area contributed by atoms with E-state index >= 15 is 0 Å². The maximum absolute atomic E-state index is 5.86. The van der Waals surface area contributed by atoms with Crippen LogP contribution in [0.3, 0.4) is 0 Å². The van der Waals surface area contributed by atoms with Crippen molar-refractivity contribution in [3.8, 4) is 0 Å². The second-order valence-corrected chi connectivity index (χ2v) is 5.58. The summed E-state index contributed by atoms with van der Waals surface area (Å²) in [4.78, 5) is 0. The molecule has 0 aliphatic carbocycles. The van der Waals surface area contributed by atoms with Gasteiger partial charge in [-0.25, -0.2) is 0 Å². The number of alkyl halides is 1. The van der Waals surface area contributed by atoms with Crippen molar-refractivity contribution in [3.05, 3.63) is 69.7 Å². The van der Waals surface area contributed by atoms with E-state index in [0.29, 0.717) is 3.92 Å². The molecular weight excluding hydrogens is 354 g/mol. The zero-order chi connectivity index (χ0) is 11.5. The molecule has 3 heteroatoms. The Morgan fingerprint density at radius 3 is 1.31 bits per heavy atom. The highest BCUT2D eigenvalue weighted by molar-refractivity contribution is 14.1. The molecule has 0 amide bonds. The molecule has 0 aliphatic rings. The average Bonchev–Trinajstić information content (AvgIpc) is 2.30. The largest absolute Gasteiger partial charge is 0.0843 e. The average molecular weight is 363 g/mol. The highest BCUT2D eigenvalue weighted by Crippen LogP contribution is 2.32. The van der Waals surface area contributed by atoms with Crippen molar-refractivity contribution < 1.29 is 0 Å². The van der Waals surface area contributed by atoms with E-state index < -0.39 is 0 Å². The van der Waals surface area contributed by atoms with E-state index in [1.807, 2.05) is 48.5 Å². The van der Waals surface area contributed by atoms with Crippen LogP contribution >= 0.6 is 45.8 Å². The van der Waals surface area contributed by atoms with Crippen molar-refractivity contribution >= 4 is 45.8 Å². The molecule has 2 aromatic carbocycles. The van der Waals surface area contributed by atoms with Crippen LogP contribution in [0.1, 0.15) is 15.1 Å². The van der Waals surface area contributed by atoms with E-state index in [1.54, 1.807) is 0 Å². The minimum Gasteiger partial charge on any atom is -0.0843 e. The molecule has 0 atom stereocenters. The van der Waals surface area contributed by atoms with Crippen LogP contribution in [0.2, 0.25) is 10.0 Å². The number of rotatable bonds is 2. The second-order valence-electron chi connectivity index (χ2n) is 3.47. The first-order chi connectivity index (χ1) is 7.66. The lowest BCUT2D eigenvalue weighted by atomic mass is 10.1. The zero-order valence-corrected chi connectivity index (χ0v) is 12.0. The minimum absolute atomic E-state index is 0.326. The van der Waals surface area contributed by atoms with Crippen molar-refractivity contribution in [2.45, 2.75) is 3.92 Å². The molecule has 0 bridgehead atoms. The van der Waals surface area contributed by atoms with E-state index in [1.165, 1.54) is 11.1 Å². The van der Waals surface area contributed by atoms with Gasteiger partial charge < -0.3 is 0 Å². The lowest BCUT2D eigenvalue weighted by Crippen LogP contribution is -1.91. The molecule has 0 unspecified atom stereocenters. The van der Waals surface area contributed by atoms with Gasteiger partial charge in [0.05, 0.1) is 3.92 Å². The molecular formula is C13H9Cl2I. The van der Waals surface area contributed by atoms with Gasteiger partial charge in [-0.3, -0.25) is 0 Å². The van der Waals surface area contributed by atoms with E-state index in [2.05, 4.69) is 22.6 Å². The molecule has 0 heterocycles. The minimum atomic E-state index is 0.326. The molecule has 2 aromatic rings. The van der Waals surface area contributed by atoms with Gasteiger partial charge >= 0.3 is 0 Å². The van der Waals surface area contributed by atoms with Gasteiger partial charge in [0.2, 0.25) is 0 Å². The van der Waals surface area contributed by atoms with Gasteiger partial charge in [0, 0.05) is 10.0 Å². The molecule has 0 aliphatic heterocycles. The maximum Gasteiger partial charge on any atom is 0.0608 e. The summed E-state index contributed by atoms with van der Waals surface area (Å²) in [5, 5.41) is 1.53. The van der Waals surface area contributed by atoms with Crippen molar-refractivity contribution in [1.82, 2.24) is 0 Å². The molecule has 0 saturated heterocycles. The van der Waals surface area contributed by atoms with Crippen LogP contribution in [-0.4, -0.2) is 0 Å². The highest BCUT2D eigenvalue weighted by atomic mass is 127. The maximum atomic E-state index is 5.86. The van der Waals surface area contributed by atoms with Crippen molar-refractivity contribution in [3.63, 3.8) is 0 Å². The molecule has 0 radical (unpaired) electrons. The molecule has 0 spiro atoms. The monoisotopic (exact) mass is 362 g/mol. The van der Waals surface area contributed by atoms with E-state index in [4.69, 9.17) is 23.2 Å². The molecule has 0 fully saturated rings. The third-order valence-corrected chi connectivity index (χ3v) is 4.27. The standard InChI is InChI=1S/C13H9Cl2I/c14-11-5-1-9(2-6-11)13(16)10-3-7-12(15)8-4-10/h1-8,13H. The van der Waals surface area contributed by atoms with E-state index in [-0.39, 0.29) is 0 Å². The summed E-state index contributed by atoms with van der Waals surface area (Å²) in [5.41, 5.74) is 2.49. The predicted octanol–water partition coefficient (Wildman–Crippen LogP) is 5.52. The fourth-order valence-electron chi connectivity index (χ4n) is 1.46. The zero-order valence-electron chi connectivity index (χ0n) is 8.33. The SMILES string of the molecule is Clc1ccc(C(I)c2ccc(Cl)cc2)cc1. The summed E-state index contributed by atoms with van der Waals surface area (Å²) in [5.74, 6) is 0. The molecule has 0 aromatic heterocycles. The van der Waals surface area contributed by atoms with Crippen molar-refractivity contribution in [2.75, 3.05) is 0 Å². The number of hydrogen-bond acceptors (Lipinski definition) is 0. The summed E-state index contributed by atoms with van der Waals surface area (Å²) in [6, 6.07) is 15.9. The van der Waals surface area contributed by atoms with Crippen LogP contribution in [-0.2, 0) is 0 Å². The summed E-state index contributed by atoms with van der Waals surface area (Å²) in [6.07, 6.45) is 0. The molecule has 0 N–H and O–H groups in total. The van der Waals surface area contributed by atoms with Crippen LogP contribution in [0.4, 0.5) is 0 Å². The van der Waals surface area contributed by atoms with Crippen molar-refractivity contribution in [2.24, 2.45) is 0 Å². The molecule has 82 valence electrons. The lowest BCUT2D eigenvalue weighted by molar-refractivity contribution is 1.20. The third kappa shape index (κ3) is 2.90. The summed E-state index contributed by atoms with van der Waals surface area (Å²) < 4.78 is 0.326. The molecule has 16 heavy (non-hydrogen) atoms. The topological polar surface area (TPSA) is 0 Å². The Kier molecular flexibility index (Phi) is 4.11. The van der Waals surface area contributed by atoms with Gasteiger partial charge in [0.25, 0.3) is 0 Å². The lowest BCUT2D eigenvalue weighted by Gasteiger charge is -2.10. The highest BCUT2D eigenvalue weighted by Gasteiger charge is 2.09. The molecule has 0 nitrogen and oxygen atoms in total. The Hall–Kier alpha value is -0.250. The summed E-state index contributed by atoms with van der Waals surface area (Å²) in [7, 11) is 0. The van der Waals surface area contributed by atoms with Crippen LogP contribution in [0, 0.1) is 0 Å². The smallest absolute Gasteiger partial charge is 0.0608 e. The summed E-state index contributed by atoms with van der Waals surface area (Å²) >= 11 is 14.1. The Morgan fingerprint density at radius 1 is 0.688 bits per heavy atom. The second kappa shape index (κ2) is 5.39. The normalized spacial score (nSPS) is 10.8. The Labute approximate surface area is 119 Å². The fraction of sp³-hybridized carbons (Fsp3) is 0.0769. The summed E-state index contributed by atoms with van der Waals surface area (Å²) in [6.45, 7) is 0. The fourth-order valence-corrected chi connectivity index (χ4v) is 2.54. The van der Waals surface area contributed by atoms with Crippen molar-refractivity contribution in [1.29, 1.82) is 0 Å². The van der Waals surface area contributed by atoms with Gasteiger partial charge in [-0.1, -0.05) is 70.1 Å². The predicted molar refractivity (Wildman–Crippen MR) is 78.8 cm³/mol. The van der Waals surface area contributed by atoms with Gasteiger partial charge in [-0.05, 0) is 35.4 Å². The number of benzene rings is 2. The first-order valence-electron chi connectivity index (χ1n) is 4.82. The first kappa shape index (κ1) is 12.2. The van der Waals surface area contributed by atoms with Gasteiger partial charge in [0.15, 0.2) is 0 Å². The molecule has 2 rings (SSSR count).